The number of hydrogen-bond acceptors (Lipinski definition) is 4. The number of amides is 1. The van der Waals surface area contributed by atoms with Gasteiger partial charge in [0, 0.05) is 30.7 Å². The van der Waals surface area contributed by atoms with Crippen LogP contribution in [0.1, 0.15) is 24.3 Å². The van der Waals surface area contributed by atoms with Crippen molar-refractivity contribution in [2.24, 2.45) is 0 Å². The molecule has 116 valence electrons. The van der Waals surface area contributed by atoms with Crippen LogP contribution in [0.5, 0.6) is 0 Å². The lowest BCUT2D eigenvalue weighted by Gasteiger charge is -2.35. The smallest absolute Gasteiger partial charge is 0.276 e. The lowest BCUT2D eigenvalue weighted by molar-refractivity contribution is 0.0669. The van der Waals surface area contributed by atoms with E-state index in [2.05, 4.69) is 24.1 Å². The van der Waals surface area contributed by atoms with Crippen LogP contribution in [-0.4, -0.2) is 41.0 Å². The molecule has 0 aliphatic carbocycles. The van der Waals surface area contributed by atoms with Crippen molar-refractivity contribution < 1.29 is 9.21 Å². The highest BCUT2D eigenvalue weighted by Crippen LogP contribution is 2.30. The van der Waals surface area contributed by atoms with Gasteiger partial charge in [0.25, 0.3) is 5.91 Å². The number of nitrogens with one attached hydrogen (secondary N) is 1. The molecule has 1 amide bonds. The minimum atomic E-state index is -0.121. The molecule has 6 heteroatoms. The molecular weight excluding hydrogens is 302 g/mol. The largest absolute Gasteiger partial charge is 0.443 e. The Morgan fingerprint density at radius 3 is 2.68 bits per heavy atom. The summed E-state index contributed by atoms with van der Waals surface area (Å²) >= 11 is 6.20. The zero-order valence-electron chi connectivity index (χ0n) is 12.5. The second-order valence-electron chi connectivity index (χ2n) is 5.69. The van der Waals surface area contributed by atoms with Gasteiger partial charge in [-0.15, -0.1) is 0 Å². The minimum absolute atomic E-state index is 0.121. The van der Waals surface area contributed by atoms with Crippen molar-refractivity contribution in [1.82, 2.24) is 15.2 Å². The lowest BCUT2D eigenvalue weighted by atomic mass is 10.1. The third-order valence-electron chi connectivity index (χ3n) is 3.73. The van der Waals surface area contributed by atoms with Gasteiger partial charge in [0.1, 0.15) is 0 Å². The third-order valence-corrected chi connectivity index (χ3v) is 4.06. The fourth-order valence-electron chi connectivity index (χ4n) is 2.88. The van der Waals surface area contributed by atoms with Gasteiger partial charge in [0.05, 0.1) is 5.02 Å². The van der Waals surface area contributed by atoms with E-state index in [4.69, 9.17) is 16.0 Å². The number of hydrogen-bond donors (Lipinski definition) is 1. The van der Waals surface area contributed by atoms with Crippen molar-refractivity contribution >= 4 is 17.5 Å². The zero-order valence-corrected chi connectivity index (χ0v) is 13.3. The Morgan fingerprint density at radius 2 is 2.00 bits per heavy atom. The molecule has 1 aromatic carbocycles. The second kappa shape index (κ2) is 6.10. The topological polar surface area (TPSA) is 58.4 Å². The molecule has 0 bridgehead atoms. The van der Waals surface area contributed by atoms with E-state index in [9.17, 15) is 4.79 Å². The van der Waals surface area contributed by atoms with Crippen LogP contribution in [0, 0.1) is 0 Å². The summed E-state index contributed by atoms with van der Waals surface area (Å²) in [5.74, 6) is 0.304. The Balaban J connectivity index is 1.92. The minimum Gasteiger partial charge on any atom is -0.443 e. The molecule has 0 unspecified atom stereocenters. The van der Waals surface area contributed by atoms with Crippen molar-refractivity contribution in [3.8, 4) is 11.3 Å². The molecule has 2 atom stereocenters. The van der Waals surface area contributed by atoms with Gasteiger partial charge in [-0.05, 0) is 26.0 Å². The van der Waals surface area contributed by atoms with Crippen LogP contribution in [0.2, 0.25) is 5.02 Å². The van der Waals surface area contributed by atoms with E-state index in [0.29, 0.717) is 35.1 Å². The summed E-state index contributed by atoms with van der Waals surface area (Å²) in [5, 5.41) is 3.94. The first-order valence-corrected chi connectivity index (χ1v) is 7.67. The molecule has 22 heavy (non-hydrogen) atoms. The molecule has 1 aromatic heterocycles. The van der Waals surface area contributed by atoms with Gasteiger partial charge < -0.3 is 14.6 Å². The van der Waals surface area contributed by atoms with Crippen molar-refractivity contribution in [3.63, 3.8) is 0 Å². The van der Waals surface area contributed by atoms with Crippen LogP contribution in [-0.2, 0) is 0 Å². The number of aromatic nitrogens is 1. The second-order valence-corrected chi connectivity index (χ2v) is 6.10. The molecule has 3 rings (SSSR count). The van der Waals surface area contributed by atoms with Crippen molar-refractivity contribution in [1.29, 1.82) is 0 Å². The third kappa shape index (κ3) is 2.87. The number of carbonyl (C=O) groups excluding carboxylic acids is 1. The van der Waals surface area contributed by atoms with Crippen LogP contribution in [0.15, 0.2) is 35.1 Å². The number of oxazole rings is 1. The van der Waals surface area contributed by atoms with Crippen LogP contribution in [0.4, 0.5) is 0 Å². The highest BCUT2D eigenvalue weighted by atomic mass is 35.5. The molecule has 0 saturated carbocycles. The highest BCUT2D eigenvalue weighted by Gasteiger charge is 2.29. The molecule has 1 fully saturated rings. The number of rotatable bonds is 2. The van der Waals surface area contributed by atoms with Crippen LogP contribution < -0.4 is 5.32 Å². The van der Waals surface area contributed by atoms with E-state index in [0.717, 1.165) is 0 Å². The molecule has 2 heterocycles. The molecule has 0 radical (unpaired) electrons. The summed E-state index contributed by atoms with van der Waals surface area (Å²) in [4.78, 5) is 18.7. The first kappa shape index (κ1) is 15.1. The maximum atomic E-state index is 12.8. The van der Waals surface area contributed by atoms with Crippen LogP contribution in [0.25, 0.3) is 11.3 Å². The van der Waals surface area contributed by atoms with Gasteiger partial charge in [-0.1, -0.05) is 23.7 Å². The molecule has 0 spiro atoms. The summed E-state index contributed by atoms with van der Waals surface area (Å²) in [6.45, 7) is 5.43. The van der Waals surface area contributed by atoms with E-state index < -0.39 is 0 Å². The normalized spacial score (nSPS) is 21.9. The summed E-state index contributed by atoms with van der Waals surface area (Å²) in [6.07, 6.45) is 1.29. The zero-order chi connectivity index (χ0) is 15.7. The number of benzene rings is 1. The first-order chi connectivity index (χ1) is 10.6. The van der Waals surface area contributed by atoms with E-state index >= 15 is 0 Å². The van der Waals surface area contributed by atoms with Gasteiger partial charge in [0.15, 0.2) is 17.8 Å². The van der Waals surface area contributed by atoms with E-state index in [1.54, 1.807) is 6.07 Å². The summed E-state index contributed by atoms with van der Waals surface area (Å²) in [5.41, 5.74) is 0.996. The molecule has 5 nitrogen and oxygen atoms in total. The van der Waals surface area contributed by atoms with Gasteiger partial charge in [0.2, 0.25) is 0 Å². The van der Waals surface area contributed by atoms with Gasteiger partial charge in [-0.3, -0.25) is 4.79 Å². The number of nitrogens with zero attached hydrogens (tertiary/aromatic N) is 2. The molecule has 1 saturated heterocycles. The molecule has 1 aliphatic heterocycles. The maximum absolute atomic E-state index is 12.8. The van der Waals surface area contributed by atoms with Crippen molar-refractivity contribution in [3.05, 3.63) is 41.4 Å². The quantitative estimate of drug-likeness (QED) is 0.924. The van der Waals surface area contributed by atoms with Crippen molar-refractivity contribution in [2.45, 2.75) is 25.9 Å². The Bertz CT molecular complexity index is 676. The number of carbonyl (C=O) groups is 1. The summed E-state index contributed by atoms with van der Waals surface area (Å²) < 4.78 is 5.44. The number of piperazine rings is 1. The monoisotopic (exact) mass is 319 g/mol. The van der Waals surface area contributed by atoms with Crippen LogP contribution >= 0.6 is 11.6 Å². The lowest BCUT2D eigenvalue weighted by Crippen LogP contribution is -2.55. The number of halogens is 1. The van der Waals surface area contributed by atoms with Gasteiger partial charge in [-0.2, -0.15) is 0 Å². The highest BCUT2D eigenvalue weighted by molar-refractivity contribution is 6.33. The van der Waals surface area contributed by atoms with Gasteiger partial charge >= 0.3 is 0 Å². The van der Waals surface area contributed by atoms with E-state index in [-0.39, 0.29) is 18.0 Å². The Kier molecular flexibility index (Phi) is 4.18. The van der Waals surface area contributed by atoms with Gasteiger partial charge in [-0.25, -0.2) is 4.98 Å². The predicted octanol–water partition coefficient (Wildman–Crippen LogP) is 2.82. The average molecular weight is 320 g/mol. The van der Waals surface area contributed by atoms with E-state index in [1.807, 2.05) is 23.1 Å². The summed E-state index contributed by atoms with van der Waals surface area (Å²) in [6, 6.07) is 7.79. The van der Waals surface area contributed by atoms with Crippen LogP contribution in [0.3, 0.4) is 0 Å². The molecular formula is C16H18ClN3O2. The SMILES string of the molecule is C[C@H]1CN(C(=O)c2ncoc2-c2ccccc2Cl)C[C@H](C)N1. The van der Waals surface area contributed by atoms with E-state index in [1.165, 1.54) is 6.39 Å². The average Bonchev–Trinajstić information content (AvgIpc) is 2.95. The fraction of sp³-hybridized carbons (Fsp3) is 0.375. The standard InChI is InChI=1S/C16H18ClN3O2/c1-10-7-20(8-11(2)19-10)16(21)14-15(22-9-18-14)12-5-3-4-6-13(12)17/h3-6,9-11,19H,7-8H2,1-2H3/t10-,11-/m0/s1. The fourth-order valence-corrected chi connectivity index (χ4v) is 3.10. The first-order valence-electron chi connectivity index (χ1n) is 7.30. The maximum Gasteiger partial charge on any atom is 0.276 e. The Morgan fingerprint density at radius 1 is 1.32 bits per heavy atom. The predicted molar refractivity (Wildman–Crippen MR) is 84.9 cm³/mol. The van der Waals surface area contributed by atoms with Crippen molar-refractivity contribution in [2.75, 3.05) is 13.1 Å². The Labute approximate surface area is 134 Å². The Hall–Kier alpha value is -1.85. The molecule has 2 aromatic rings. The molecule has 1 aliphatic rings. The molecule has 1 N–H and O–H groups in total. The summed E-state index contributed by atoms with van der Waals surface area (Å²) in [7, 11) is 0.